The van der Waals surface area contributed by atoms with Crippen molar-refractivity contribution in [2.45, 2.75) is 33.6 Å². The molecule has 0 atom stereocenters. The van der Waals surface area contributed by atoms with Crippen LogP contribution in [0.25, 0.3) is 11.4 Å². The quantitative estimate of drug-likeness (QED) is 0.804. The summed E-state index contributed by atoms with van der Waals surface area (Å²) in [6.45, 7) is 6.51. The molecule has 5 nitrogen and oxygen atoms in total. The van der Waals surface area contributed by atoms with Crippen LogP contribution in [0.15, 0.2) is 24.3 Å². The third kappa shape index (κ3) is 3.85. The number of halogens is 1. The van der Waals surface area contributed by atoms with Crippen molar-refractivity contribution >= 4 is 17.5 Å². The maximum absolute atomic E-state index is 12.3. The van der Waals surface area contributed by atoms with Crippen molar-refractivity contribution < 1.29 is 9.53 Å². The van der Waals surface area contributed by atoms with Gasteiger partial charge in [0.25, 0.3) is 0 Å². The fourth-order valence-electron chi connectivity index (χ4n) is 1.91. The number of hydrogen-bond donors (Lipinski definition) is 0. The first-order valence-electron chi connectivity index (χ1n) is 7.40. The number of rotatable bonds is 6. The van der Waals surface area contributed by atoms with Crippen LogP contribution in [-0.4, -0.2) is 27.3 Å². The highest BCUT2D eigenvalue weighted by atomic mass is 35.5. The second-order valence-electron chi connectivity index (χ2n) is 5.46. The van der Waals surface area contributed by atoms with Crippen LogP contribution in [0.2, 0.25) is 5.02 Å². The Morgan fingerprint density at radius 3 is 2.73 bits per heavy atom. The molecular weight excluding hydrogens is 302 g/mol. The van der Waals surface area contributed by atoms with Gasteiger partial charge in [-0.05, 0) is 24.5 Å². The lowest BCUT2D eigenvalue weighted by Crippen LogP contribution is -2.14. The molecule has 0 saturated heterocycles. The van der Waals surface area contributed by atoms with Gasteiger partial charge in [-0.1, -0.05) is 44.5 Å². The Kier molecular flexibility index (Phi) is 5.55. The Morgan fingerprint density at radius 2 is 2.09 bits per heavy atom. The van der Waals surface area contributed by atoms with E-state index in [4.69, 9.17) is 16.3 Å². The van der Waals surface area contributed by atoms with E-state index in [0.717, 1.165) is 6.42 Å². The van der Waals surface area contributed by atoms with E-state index in [1.54, 1.807) is 6.07 Å². The van der Waals surface area contributed by atoms with E-state index in [9.17, 15) is 4.79 Å². The van der Waals surface area contributed by atoms with Gasteiger partial charge in [0.15, 0.2) is 5.82 Å². The van der Waals surface area contributed by atoms with Crippen molar-refractivity contribution in [1.29, 1.82) is 0 Å². The minimum Gasteiger partial charge on any atom is -0.462 e. The summed E-state index contributed by atoms with van der Waals surface area (Å²) in [5.74, 6) is 0.647. The summed E-state index contributed by atoms with van der Waals surface area (Å²) in [5.41, 5.74) is 0.667. The number of ether oxygens (including phenoxy) is 1. The van der Waals surface area contributed by atoms with Gasteiger partial charge in [-0.25, -0.2) is 0 Å². The van der Waals surface area contributed by atoms with Gasteiger partial charge in [-0.2, -0.15) is 9.67 Å². The van der Waals surface area contributed by atoms with Crippen LogP contribution in [0.5, 0.6) is 6.01 Å². The standard InChI is InChI=1S/C16H20ClN3O2/c1-4-7-14(21)20-15(12-8-5-6-9-13(12)17)18-16(19-20)22-10-11(2)3/h5-6,8-9,11H,4,7,10H2,1-3H3. The van der Waals surface area contributed by atoms with Gasteiger partial charge in [0, 0.05) is 12.0 Å². The molecule has 1 heterocycles. The number of carbonyl (C=O) groups excluding carboxylic acids is 1. The number of aromatic nitrogens is 3. The highest BCUT2D eigenvalue weighted by Gasteiger charge is 2.19. The SMILES string of the molecule is CCCC(=O)n1nc(OCC(C)C)nc1-c1ccccc1Cl. The summed E-state index contributed by atoms with van der Waals surface area (Å²) in [6.07, 6.45) is 1.13. The zero-order chi connectivity index (χ0) is 16.1. The molecule has 0 amide bonds. The smallest absolute Gasteiger partial charge is 0.336 e. The Hall–Kier alpha value is -1.88. The summed E-state index contributed by atoms with van der Waals surface area (Å²) in [4.78, 5) is 16.6. The van der Waals surface area contributed by atoms with Gasteiger partial charge in [-0.15, -0.1) is 5.10 Å². The average Bonchev–Trinajstić information content (AvgIpc) is 2.90. The van der Waals surface area contributed by atoms with Crippen LogP contribution in [0, 0.1) is 5.92 Å². The number of benzene rings is 1. The largest absolute Gasteiger partial charge is 0.462 e. The molecule has 6 heteroatoms. The Morgan fingerprint density at radius 1 is 1.36 bits per heavy atom. The fraction of sp³-hybridized carbons (Fsp3) is 0.438. The monoisotopic (exact) mass is 321 g/mol. The highest BCUT2D eigenvalue weighted by molar-refractivity contribution is 6.33. The Balaban J connectivity index is 2.41. The van der Waals surface area contributed by atoms with Crippen molar-refractivity contribution in [1.82, 2.24) is 14.8 Å². The van der Waals surface area contributed by atoms with E-state index in [0.29, 0.717) is 35.4 Å². The average molecular weight is 322 g/mol. The summed E-state index contributed by atoms with van der Waals surface area (Å²) >= 11 is 6.22. The third-order valence-electron chi connectivity index (χ3n) is 2.95. The van der Waals surface area contributed by atoms with Gasteiger partial charge in [0.2, 0.25) is 5.91 Å². The molecule has 2 aromatic rings. The van der Waals surface area contributed by atoms with Crippen molar-refractivity contribution in [3.8, 4) is 17.4 Å². The Labute approximate surface area is 135 Å². The van der Waals surface area contributed by atoms with Gasteiger partial charge < -0.3 is 4.74 Å². The van der Waals surface area contributed by atoms with Crippen LogP contribution in [-0.2, 0) is 0 Å². The molecule has 1 aromatic carbocycles. The summed E-state index contributed by atoms with van der Waals surface area (Å²) < 4.78 is 6.83. The van der Waals surface area contributed by atoms with E-state index < -0.39 is 0 Å². The van der Waals surface area contributed by atoms with Crippen LogP contribution >= 0.6 is 11.6 Å². The molecule has 0 unspecified atom stereocenters. The van der Waals surface area contributed by atoms with Crippen molar-refractivity contribution in [3.63, 3.8) is 0 Å². The molecule has 0 saturated carbocycles. The maximum Gasteiger partial charge on any atom is 0.336 e. The predicted molar refractivity (Wildman–Crippen MR) is 86.3 cm³/mol. The third-order valence-corrected chi connectivity index (χ3v) is 3.28. The molecule has 0 aliphatic carbocycles. The van der Waals surface area contributed by atoms with Crippen LogP contribution in [0.1, 0.15) is 38.4 Å². The van der Waals surface area contributed by atoms with Crippen LogP contribution in [0.3, 0.4) is 0 Å². The zero-order valence-corrected chi connectivity index (χ0v) is 13.8. The molecule has 0 spiro atoms. The normalized spacial score (nSPS) is 11.0. The maximum atomic E-state index is 12.3. The lowest BCUT2D eigenvalue weighted by molar-refractivity contribution is 0.0885. The van der Waals surface area contributed by atoms with E-state index >= 15 is 0 Å². The predicted octanol–water partition coefficient (Wildman–Crippen LogP) is 4.07. The second kappa shape index (κ2) is 7.40. The Bertz CT molecular complexity index is 653. The van der Waals surface area contributed by atoms with Crippen molar-refractivity contribution in [3.05, 3.63) is 29.3 Å². The van der Waals surface area contributed by atoms with E-state index in [-0.39, 0.29) is 11.9 Å². The molecule has 0 bridgehead atoms. The molecule has 0 N–H and O–H groups in total. The molecule has 22 heavy (non-hydrogen) atoms. The van der Waals surface area contributed by atoms with Crippen molar-refractivity contribution in [2.75, 3.05) is 6.61 Å². The second-order valence-corrected chi connectivity index (χ2v) is 5.87. The summed E-state index contributed by atoms with van der Waals surface area (Å²) in [7, 11) is 0. The molecule has 0 aliphatic rings. The minimum absolute atomic E-state index is 0.121. The number of hydrogen-bond acceptors (Lipinski definition) is 4. The highest BCUT2D eigenvalue weighted by Crippen LogP contribution is 2.27. The topological polar surface area (TPSA) is 57.0 Å². The first-order valence-corrected chi connectivity index (χ1v) is 7.78. The molecule has 0 aliphatic heterocycles. The van der Waals surface area contributed by atoms with E-state index in [1.165, 1.54) is 4.68 Å². The lowest BCUT2D eigenvalue weighted by atomic mass is 10.2. The molecule has 0 radical (unpaired) electrons. The lowest BCUT2D eigenvalue weighted by Gasteiger charge is -2.04. The van der Waals surface area contributed by atoms with Gasteiger partial charge in [-0.3, -0.25) is 4.79 Å². The molecule has 1 aromatic heterocycles. The summed E-state index contributed by atoms with van der Waals surface area (Å²) in [6, 6.07) is 7.45. The van der Waals surface area contributed by atoms with Gasteiger partial charge in [0.05, 0.1) is 11.6 Å². The van der Waals surface area contributed by atoms with Gasteiger partial charge in [0.1, 0.15) is 0 Å². The first-order chi connectivity index (χ1) is 10.5. The zero-order valence-electron chi connectivity index (χ0n) is 13.0. The van der Waals surface area contributed by atoms with E-state index in [1.807, 2.05) is 39.0 Å². The molecule has 118 valence electrons. The number of carbonyl (C=O) groups is 1. The first kappa shape index (κ1) is 16.5. The minimum atomic E-state index is -0.121. The molecule has 2 rings (SSSR count). The van der Waals surface area contributed by atoms with E-state index in [2.05, 4.69) is 10.1 Å². The number of nitrogens with zero attached hydrogens (tertiary/aromatic N) is 3. The molecule has 0 fully saturated rings. The van der Waals surface area contributed by atoms with Crippen LogP contribution < -0.4 is 4.74 Å². The van der Waals surface area contributed by atoms with Crippen LogP contribution in [0.4, 0.5) is 0 Å². The molecular formula is C16H20ClN3O2. The summed E-state index contributed by atoms with van der Waals surface area (Å²) in [5, 5.41) is 4.72. The fourth-order valence-corrected chi connectivity index (χ4v) is 2.13. The van der Waals surface area contributed by atoms with Crippen molar-refractivity contribution in [2.24, 2.45) is 5.92 Å². The van der Waals surface area contributed by atoms with Gasteiger partial charge >= 0.3 is 6.01 Å².